The minimum Gasteiger partial charge on any atom is -0.507 e. The van der Waals surface area contributed by atoms with Gasteiger partial charge in [-0.15, -0.1) is 0 Å². The summed E-state index contributed by atoms with van der Waals surface area (Å²) in [6.07, 6.45) is -0.684. The lowest BCUT2D eigenvalue weighted by atomic mass is 10.1. The summed E-state index contributed by atoms with van der Waals surface area (Å²) in [5.74, 6) is 0.0238. The molecular formula is C21H21ClN6O3. The number of carbonyl (C=O) groups is 2. The Kier molecular flexibility index (Phi) is 5.51. The molecule has 3 N–H and O–H groups in total. The minimum absolute atomic E-state index is 0.107. The maximum Gasteiger partial charge on any atom is 0.325 e. The number of para-hydroxylation sites is 1. The third-order valence-electron chi connectivity index (χ3n) is 5.24. The number of phenols is 1. The molecule has 0 bridgehead atoms. The number of likely N-dealkylation sites (N-methyl/N-ethyl adjacent to an activating group) is 1. The molecule has 2 heterocycles. The normalized spacial score (nSPS) is 21.0. The predicted octanol–water partition coefficient (Wildman–Crippen LogP) is 2.11. The Bertz CT molecular complexity index is 1080. The van der Waals surface area contributed by atoms with Crippen LogP contribution in [0.2, 0.25) is 5.02 Å². The number of hydrazone groups is 1. The number of urea groups is 1. The number of amides is 3. The third kappa shape index (κ3) is 4.04. The molecule has 0 spiro atoms. The van der Waals surface area contributed by atoms with Crippen molar-refractivity contribution < 1.29 is 14.7 Å². The molecule has 2 aromatic rings. The van der Waals surface area contributed by atoms with Gasteiger partial charge in [0, 0.05) is 24.2 Å². The lowest BCUT2D eigenvalue weighted by Crippen LogP contribution is -2.63. The number of rotatable bonds is 4. The fourth-order valence-electron chi connectivity index (χ4n) is 3.55. The van der Waals surface area contributed by atoms with Gasteiger partial charge in [-0.25, -0.2) is 15.2 Å². The molecule has 2 atom stereocenters. The number of nitrogens with one attached hydrogen (secondary N) is 2. The topological polar surface area (TPSA) is 110 Å². The molecule has 0 aromatic heterocycles. The third-order valence-corrected chi connectivity index (χ3v) is 5.50. The van der Waals surface area contributed by atoms with Crippen molar-refractivity contribution in [2.24, 2.45) is 10.1 Å². The van der Waals surface area contributed by atoms with E-state index in [4.69, 9.17) is 11.6 Å². The maximum atomic E-state index is 12.6. The highest BCUT2D eigenvalue weighted by Gasteiger charge is 2.48. The van der Waals surface area contributed by atoms with Crippen LogP contribution in [0.4, 0.5) is 4.79 Å². The first-order valence-electron chi connectivity index (χ1n) is 9.60. The van der Waals surface area contributed by atoms with Gasteiger partial charge in [-0.3, -0.25) is 10.1 Å². The SMILES string of the molecule is C/C(=N/NC1=NC2C(C(=O)NC(=O)N2C)N1Cc1ccc(Cl)cc1)c1ccccc1O. The van der Waals surface area contributed by atoms with Gasteiger partial charge in [-0.2, -0.15) is 5.10 Å². The van der Waals surface area contributed by atoms with Gasteiger partial charge in [-0.1, -0.05) is 35.9 Å². The van der Waals surface area contributed by atoms with Gasteiger partial charge in [-0.05, 0) is 36.8 Å². The standard InChI is InChI=1S/C21H21ClN6O3/c1-12(15-5-3-4-6-16(15)29)25-26-20-23-18-17(19(30)24-21(31)27(18)2)28(20)11-13-7-9-14(22)10-8-13/h3-10,17-18,29H,11H2,1-2H3,(H,23,26)(H,24,30,31)/b25-12-. The number of aromatic hydroxyl groups is 1. The number of fused-ring (bicyclic) bond motifs is 1. The second-order valence-corrected chi connectivity index (χ2v) is 7.73. The number of benzene rings is 2. The highest BCUT2D eigenvalue weighted by Crippen LogP contribution is 2.26. The molecule has 10 heteroatoms. The molecule has 1 fully saturated rings. The average molecular weight is 441 g/mol. The van der Waals surface area contributed by atoms with Gasteiger partial charge in [0.25, 0.3) is 5.91 Å². The van der Waals surface area contributed by atoms with E-state index in [0.717, 1.165) is 5.56 Å². The van der Waals surface area contributed by atoms with Gasteiger partial charge >= 0.3 is 6.03 Å². The lowest BCUT2D eigenvalue weighted by Gasteiger charge is -2.36. The minimum atomic E-state index is -0.707. The van der Waals surface area contributed by atoms with Crippen molar-refractivity contribution in [3.05, 3.63) is 64.7 Å². The number of hydrogen-bond donors (Lipinski definition) is 3. The van der Waals surface area contributed by atoms with E-state index >= 15 is 0 Å². The zero-order chi connectivity index (χ0) is 22.1. The largest absolute Gasteiger partial charge is 0.507 e. The van der Waals surface area contributed by atoms with Crippen LogP contribution in [0.1, 0.15) is 18.1 Å². The van der Waals surface area contributed by atoms with E-state index in [1.807, 2.05) is 12.1 Å². The fourth-order valence-corrected chi connectivity index (χ4v) is 3.68. The quantitative estimate of drug-likeness (QED) is 0.498. The van der Waals surface area contributed by atoms with Crippen LogP contribution in [0, 0.1) is 0 Å². The van der Waals surface area contributed by atoms with E-state index in [1.54, 1.807) is 55.3 Å². The number of hydrogen-bond acceptors (Lipinski definition) is 7. The van der Waals surface area contributed by atoms with Crippen LogP contribution in [-0.4, -0.2) is 57.8 Å². The van der Waals surface area contributed by atoms with Crippen LogP contribution in [0.15, 0.2) is 58.6 Å². The molecule has 9 nitrogen and oxygen atoms in total. The van der Waals surface area contributed by atoms with Gasteiger partial charge in [0.1, 0.15) is 5.75 Å². The maximum absolute atomic E-state index is 12.6. The van der Waals surface area contributed by atoms with E-state index < -0.39 is 24.1 Å². The summed E-state index contributed by atoms with van der Waals surface area (Å²) in [6.45, 7) is 2.10. The summed E-state index contributed by atoms with van der Waals surface area (Å²) >= 11 is 5.99. The van der Waals surface area contributed by atoms with Crippen molar-refractivity contribution in [2.45, 2.75) is 25.7 Å². The predicted molar refractivity (Wildman–Crippen MR) is 117 cm³/mol. The number of nitrogens with zero attached hydrogens (tertiary/aromatic N) is 4. The fraction of sp³-hybridized carbons (Fsp3) is 0.238. The number of guanidine groups is 1. The summed E-state index contributed by atoms with van der Waals surface area (Å²) in [7, 11) is 1.59. The molecule has 31 heavy (non-hydrogen) atoms. The Balaban J connectivity index is 1.64. The van der Waals surface area contributed by atoms with Crippen molar-refractivity contribution in [3.63, 3.8) is 0 Å². The summed E-state index contributed by atoms with van der Waals surface area (Å²) in [4.78, 5) is 32.4. The first-order valence-corrected chi connectivity index (χ1v) is 9.98. The summed E-state index contributed by atoms with van der Waals surface area (Å²) in [5, 5.41) is 17.4. The summed E-state index contributed by atoms with van der Waals surface area (Å²) in [6, 6.07) is 12.9. The Morgan fingerprint density at radius 3 is 2.65 bits per heavy atom. The molecule has 160 valence electrons. The molecule has 2 aliphatic rings. The highest BCUT2D eigenvalue weighted by molar-refractivity contribution is 6.30. The Labute approximate surface area is 184 Å². The molecule has 3 amide bonds. The average Bonchev–Trinajstić information content (AvgIpc) is 3.11. The monoisotopic (exact) mass is 440 g/mol. The van der Waals surface area contributed by atoms with Crippen molar-refractivity contribution in [3.8, 4) is 5.75 Å². The van der Waals surface area contributed by atoms with E-state index in [2.05, 4.69) is 20.8 Å². The molecular weight excluding hydrogens is 420 g/mol. The smallest absolute Gasteiger partial charge is 0.325 e. The molecule has 1 saturated heterocycles. The molecule has 0 saturated carbocycles. The van der Waals surface area contributed by atoms with Gasteiger partial charge in [0.2, 0.25) is 5.96 Å². The van der Waals surface area contributed by atoms with Crippen molar-refractivity contribution in [1.29, 1.82) is 0 Å². The van der Waals surface area contributed by atoms with Gasteiger partial charge < -0.3 is 14.9 Å². The second-order valence-electron chi connectivity index (χ2n) is 7.30. The van der Waals surface area contributed by atoms with Crippen molar-refractivity contribution in [1.82, 2.24) is 20.5 Å². The van der Waals surface area contributed by atoms with Crippen LogP contribution in [0.5, 0.6) is 5.75 Å². The second kappa shape index (κ2) is 8.27. The van der Waals surface area contributed by atoms with Gasteiger partial charge in [0.15, 0.2) is 12.2 Å². The first kappa shape index (κ1) is 20.7. The number of carbonyl (C=O) groups excluding carboxylic acids is 2. The molecule has 0 aliphatic carbocycles. The zero-order valence-electron chi connectivity index (χ0n) is 16.9. The van der Waals surface area contributed by atoms with Crippen molar-refractivity contribution >= 4 is 35.2 Å². The van der Waals surface area contributed by atoms with Crippen LogP contribution >= 0.6 is 11.6 Å². The Morgan fingerprint density at radius 2 is 1.94 bits per heavy atom. The number of halogens is 1. The van der Waals surface area contributed by atoms with Crippen LogP contribution < -0.4 is 10.7 Å². The Morgan fingerprint density at radius 1 is 1.23 bits per heavy atom. The van der Waals surface area contributed by atoms with Crippen LogP contribution in [0.25, 0.3) is 0 Å². The van der Waals surface area contributed by atoms with Gasteiger partial charge in [0.05, 0.1) is 5.71 Å². The summed E-state index contributed by atoms with van der Waals surface area (Å²) < 4.78 is 0. The van der Waals surface area contributed by atoms with E-state index in [-0.39, 0.29) is 5.75 Å². The summed E-state index contributed by atoms with van der Waals surface area (Å²) in [5.41, 5.74) is 4.93. The van der Waals surface area contributed by atoms with E-state index in [9.17, 15) is 14.7 Å². The number of aliphatic imine (C=N–C) groups is 1. The molecule has 2 unspecified atom stereocenters. The van der Waals surface area contributed by atoms with Crippen molar-refractivity contribution in [2.75, 3.05) is 7.05 Å². The number of imide groups is 1. The lowest BCUT2D eigenvalue weighted by molar-refractivity contribution is -0.127. The van der Waals surface area contributed by atoms with Crippen LogP contribution in [0.3, 0.4) is 0 Å². The highest BCUT2D eigenvalue weighted by atomic mass is 35.5. The Hall–Kier alpha value is -3.59. The van der Waals surface area contributed by atoms with Crippen LogP contribution in [-0.2, 0) is 11.3 Å². The van der Waals surface area contributed by atoms with E-state index in [1.165, 1.54) is 4.90 Å². The molecule has 4 rings (SSSR count). The first-order chi connectivity index (χ1) is 14.8. The van der Waals surface area contributed by atoms with E-state index in [0.29, 0.717) is 28.8 Å². The number of phenolic OH excluding ortho intramolecular Hbond substituents is 1. The molecule has 2 aromatic carbocycles. The zero-order valence-corrected chi connectivity index (χ0v) is 17.7. The molecule has 2 aliphatic heterocycles. The molecule has 0 radical (unpaired) electrons.